The van der Waals surface area contributed by atoms with Gasteiger partial charge in [-0.1, -0.05) is 36.4 Å². The highest BCUT2D eigenvalue weighted by molar-refractivity contribution is 5.46. The van der Waals surface area contributed by atoms with Crippen molar-refractivity contribution in [1.29, 1.82) is 0 Å². The van der Waals surface area contributed by atoms with Crippen molar-refractivity contribution < 1.29 is 4.74 Å². The average molecular weight is 267 g/mol. The number of benzene rings is 2. The second kappa shape index (κ2) is 4.95. The number of ether oxygens (including phenoxy) is 1. The molecule has 2 aromatic rings. The van der Waals surface area contributed by atoms with E-state index in [2.05, 4.69) is 61.6 Å². The van der Waals surface area contributed by atoms with Gasteiger partial charge < -0.3 is 10.1 Å². The first kappa shape index (κ1) is 13.2. The molecule has 2 heteroatoms. The molecule has 2 nitrogen and oxygen atoms in total. The highest BCUT2D eigenvalue weighted by Crippen LogP contribution is 2.41. The summed E-state index contributed by atoms with van der Waals surface area (Å²) in [7, 11) is 1.73. The summed E-state index contributed by atoms with van der Waals surface area (Å²) < 4.78 is 5.41. The van der Waals surface area contributed by atoms with Gasteiger partial charge in [-0.3, -0.25) is 0 Å². The second-order valence-corrected chi connectivity index (χ2v) is 5.98. The molecule has 1 N–H and O–H groups in total. The average Bonchev–Trinajstić information content (AvgIpc) is 2.46. The van der Waals surface area contributed by atoms with E-state index in [0.29, 0.717) is 5.92 Å². The molecule has 0 saturated heterocycles. The number of hydrogen-bond donors (Lipinski definition) is 1. The standard InChI is InChI=1S/C18H21NO/c1-18(2)17(13-7-5-4-6-8-13)16-11-15(20-3)10-9-14(16)12-19-18/h4-11,17,19H,12H2,1-3H3. The molecule has 3 rings (SSSR count). The molecule has 0 amide bonds. The third-order valence-corrected chi connectivity index (χ3v) is 4.25. The number of hydrogen-bond acceptors (Lipinski definition) is 2. The molecule has 0 spiro atoms. The zero-order valence-electron chi connectivity index (χ0n) is 12.3. The Balaban J connectivity index is 2.16. The third-order valence-electron chi connectivity index (χ3n) is 4.25. The SMILES string of the molecule is COc1ccc2c(c1)C(c1ccccc1)C(C)(C)NC2. The first-order chi connectivity index (χ1) is 9.62. The highest BCUT2D eigenvalue weighted by Gasteiger charge is 2.36. The fourth-order valence-electron chi connectivity index (χ4n) is 3.19. The van der Waals surface area contributed by atoms with Crippen LogP contribution in [0.3, 0.4) is 0 Å². The van der Waals surface area contributed by atoms with Gasteiger partial charge in [0.05, 0.1) is 7.11 Å². The minimum absolute atomic E-state index is 0.0285. The Morgan fingerprint density at radius 3 is 2.55 bits per heavy atom. The van der Waals surface area contributed by atoms with E-state index in [-0.39, 0.29) is 5.54 Å². The summed E-state index contributed by atoms with van der Waals surface area (Å²) >= 11 is 0. The van der Waals surface area contributed by atoms with Crippen molar-refractivity contribution in [2.45, 2.75) is 31.8 Å². The van der Waals surface area contributed by atoms with Crippen LogP contribution in [0, 0.1) is 0 Å². The van der Waals surface area contributed by atoms with Crippen LogP contribution < -0.4 is 10.1 Å². The second-order valence-electron chi connectivity index (χ2n) is 5.98. The Morgan fingerprint density at radius 1 is 1.10 bits per heavy atom. The molecule has 1 unspecified atom stereocenters. The quantitative estimate of drug-likeness (QED) is 0.895. The third kappa shape index (κ3) is 2.20. The van der Waals surface area contributed by atoms with Crippen molar-refractivity contribution in [1.82, 2.24) is 5.32 Å². The molecule has 1 heterocycles. The van der Waals surface area contributed by atoms with Gasteiger partial charge in [-0.05, 0) is 42.7 Å². The van der Waals surface area contributed by atoms with Crippen molar-refractivity contribution >= 4 is 0 Å². The summed E-state index contributed by atoms with van der Waals surface area (Å²) in [6.07, 6.45) is 0. The molecule has 0 bridgehead atoms. The zero-order valence-corrected chi connectivity index (χ0v) is 12.3. The van der Waals surface area contributed by atoms with E-state index in [4.69, 9.17) is 4.74 Å². The van der Waals surface area contributed by atoms with E-state index in [1.54, 1.807) is 7.11 Å². The van der Waals surface area contributed by atoms with Crippen LogP contribution in [-0.4, -0.2) is 12.6 Å². The van der Waals surface area contributed by atoms with Gasteiger partial charge in [0.2, 0.25) is 0 Å². The first-order valence-electron chi connectivity index (χ1n) is 7.08. The summed E-state index contributed by atoms with van der Waals surface area (Å²) in [5.41, 5.74) is 4.11. The van der Waals surface area contributed by atoms with Gasteiger partial charge in [0.1, 0.15) is 5.75 Å². The van der Waals surface area contributed by atoms with Gasteiger partial charge in [-0.2, -0.15) is 0 Å². The Bertz CT molecular complexity index is 604. The van der Waals surface area contributed by atoms with Gasteiger partial charge in [0.25, 0.3) is 0 Å². The maximum Gasteiger partial charge on any atom is 0.119 e. The monoisotopic (exact) mass is 267 g/mol. The summed E-state index contributed by atoms with van der Waals surface area (Å²) in [4.78, 5) is 0. The van der Waals surface area contributed by atoms with Crippen LogP contribution in [0.2, 0.25) is 0 Å². The predicted octanol–water partition coefficient (Wildman–Crippen LogP) is 3.71. The van der Waals surface area contributed by atoms with Crippen LogP contribution in [0.4, 0.5) is 0 Å². The molecule has 1 aliphatic heterocycles. The van der Waals surface area contributed by atoms with Crippen molar-refractivity contribution in [3.8, 4) is 5.75 Å². The van der Waals surface area contributed by atoms with Crippen molar-refractivity contribution in [2.24, 2.45) is 0 Å². The fraction of sp³-hybridized carbons (Fsp3) is 0.333. The minimum atomic E-state index is 0.0285. The Morgan fingerprint density at radius 2 is 1.85 bits per heavy atom. The van der Waals surface area contributed by atoms with E-state index in [1.165, 1.54) is 16.7 Å². The van der Waals surface area contributed by atoms with E-state index in [1.807, 2.05) is 6.07 Å². The topological polar surface area (TPSA) is 21.3 Å². The predicted molar refractivity (Wildman–Crippen MR) is 82.2 cm³/mol. The highest BCUT2D eigenvalue weighted by atomic mass is 16.5. The number of methoxy groups -OCH3 is 1. The van der Waals surface area contributed by atoms with Crippen molar-refractivity contribution in [3.63, 3.8) is 0 Å². The van der Waals surface area contributed by atoms with Gasteiger partial charge in [0.15, 0.2) is 0 Å². The van der Waals surface area contributed by atoms with E-state index < -0.39 is 0 Å². The normalized spacial score (nSPS) is 20.2. The number of nitrogens with one attached hydrogen (secondary N) is 1. The maximum absolute atomic E-state index is 5.41. The van der Waals surface area contributed by atoms with E-state index in [0.717, 1.165) is 12.3 Å². The van der Waals surface area contributed by atoms with Crippen LogP contribution in [-0.2, 0) is 6.54 Å². The first-order valence-corrected chi connectivity index (χ1v) is 7.08. The largest absolute Gasteiger partial charge is 0.497 e. The fourth-order valence-corrected chi connectivity index (χ4v) is 3.19. The van der Waals surface area contributed by atoms with Crippen LogP contribution in [0.5, 0.6) is 5.75 Å². The van der Waals surface area contributed by atoms with Gasteiger partial charge in [-0.25, -0.2) is 0 Å². The lowest BCUT2D eigenvalue weighted by atomic mass is 9.73. The Labute approximate surface area is 120 Å². The summed E-state index contributed by atoms with van der Waals surface area (Å²) in [5.74, 6) is 1.27. The lowest BCUT2D eigenvalue weighted by molar-refractivity contribution is 0.322. The molecular formula is C18H21NO. The lowest BCUT2D eigenvalue weighted by Crippen LogP contribution is -2.48. The molecule has 20 heavy (non-hydrogen) atoms. The molecule has 0 saturated carbocycles. The molecule has 0 aromatic heterocycles. The van der Waals surface area contributed by atoms with Crippen LogP contribution in [0.25, 0.3) is 0 Å². The summed E-state index contributed by atoms with van der Waals surface area (Å²) in [6.45, 7) is 5.45. The molecular weight excluding hydrogens is 246 g/mol. The maximum atomic E-state index is 5.41. The van der Waals surface area contributed by atoms with E-state index in [9.17, 15) is 0 Å². The smallest absolute Gasteiger partial charge is 0.119 e. The van der Waals surface area contributed by atoms with Crippen LogP contribution in [0.1, 0.15) is 36.5 Å². The minimum Gasteiger partial charge on any atom is -0.497 e. The van der Waals surface area contributed by atoms with Crippen molar-refractivity contribution in [3.05, 3.63) is 65.2 Å². The summed E-state index contributed by atoms with van der Waals surface area (Å²) in [5, 5.41) is 3.66. The molecule has 1 atom stereocenters. The molecule has 0 fully saturated rings. The van der Waals surface area contributed by atoms with Gasteiger partial charge in [-0.15, -0.1) is 0 Å². The van der Waals surface area contributed by atoms with Crippen LogP contribution in [0.15, 0.2) is 48.5 Å². The molecule has 2 aromatic carbocycles. The number of rotatable bonds is 2. The van der Waals surface area contributed by atoms with Crippen molar-refractivity contribution in [2.75, 3.05) is 7.11 Å². The van der Waals surface area contributed by atoms with Gasteiger partial charge >= 0.3 is 0 Å². The molecule has 0 aliphatic carbocycles. The molecule has 0 radical (unpaired) electrons. The Kier molecular flexibility index (Phi) is 3.27. The molecule has 1 aliphatic rings. The van der Waals surface area contributed by atoms with Crippen LogP contribution >= 0.6 is 0 Å². The number of fused-ring (bicyclic) bond motifs is 1. The van der Waals surface area contributed by atoms with E-state index >= 15 is 0 Å². The summed E-state index contributed by atoms with van der Waals surface area (Å²) in [6, 6.07) is 17.1. The zero-order chi connectivity index (χ0) is 14.2. The molecule has 104 valence electrons. The Hall–Kier alpha value is -1.80. The lowest BCUT2D eigenvalue weighted by Gasteiger charge is -2.41. The van der Waals surface area contributed by atoms with Gasteiger partial charge in [0, 0.05) is 18.0 Å².